The molecule has 1 N–H and O–H groups in total. The van der Waals surface area contributed by atoms with Crippen LogP contribution in [-0.4, -0.2) is 20.5 Å². The lowest BCUT2D eigenvalue weighted by molar-refractivity contribution is -0.141. The lowest BCUT2D eigenvalue weighted by Crippen LogP contribution is -2.14. The summed E-state index contributed by atoms with van der Waals surface area (Å²) in [4.78, 5) is 15.3. The molecule has 0 radical (unpaired) electrons. The normalized spacial score (nSPS) is 12.2. The molecule has 9 heteroatoms. The Morgan fingerprint density at radius 2 is 2.10 bits per heavy atom. The summed E-state index contributed by atoms with van der Waals surface area (Å²) in [6, 6.07) is 3.45. The Balaban J connectivity index is 2.37. The lowest BCUT2D eigenvalue weighted by atomic mass is 10.3. The molecule has 104 valence electrons. The van der Waals surface area contributed by atoms with Crippen LogP contribution in [0.25, 0.3) is 15.5 Å². The fourth-order valence-corrected chi connectivity index (χ4v) is 3.55. The number of imidazole rings is 1. The molecule has 0 atom stereocenters. The summed E-state index contributed by atoms with van der Waals surface area (Å²) >= 11 is 2.29. The number of aromatic carboxylic acids is 1. The molecule has 3 aromatic heterocycles. The van der Waals surface area contributed by atoms with Gasteiger partial charge in [-0.15, -0.1) is 22.7 Å². The van der Waals surface area contributed by atoms with Gasteiger partial charge in [-0.05, 0) is 11.4 Å². The maximum Gasteiger partial charge on any atom is 0.435 e. The molecule has 0 aliphatic carbocycles. The van der Waals surface area contributed by atoms with Crippen molar-refractivity contribution in [3.63, 3.8) is 0 Å². The van der Waals surface area contributed by atoms with Gasteiger partial charge in [-0.2, -0.15) is 13.2 Å². The molecule has 0 spiro atoms. The van der Waals surface area contributed by atoms with Gasteiger partial charge in [-0.25, -0.2) is 9.78 Å². The number of carboxylic acid groups (broad SMARTS) is 1. The van der Waals surface area contributed by atoms with Gasteiger partial charge in [0.15, 0.2) is 16.3 Å². The third kappa shape index (κ3) is 1.90. The number of aromatic nitrogens is 2. The van der Waals surface area contributed by atoms with Crippen molar-refractivity contribution in [2.45, 2.75) is 6.18 Å². The van der Waals surface area contributed by atoms with Gasteiger partial charge in [0.2, 0.25) is 0 Å². The predicted octanol–water partition coefficient (Wildman–Crippen LogP) is 3.84. The molecule has 0 unspecified atom stereocenters. The number of halogens is 3. The highest BCUT2D eigenvalue weighted by Gasteiger charge is 2.41. The average Bonchev–Trinajstić information content (AvgIpc) is 3.02. The van der Waals surface area contributed by atoms with E-state index >= 15 is 0 Å². The second kappa shape index (κ2) is 4.32. The van der Waals surface area contributed by atoms with Crippen LogP contribution in [0.15, 0.2) is 22.9 Å². The first-order chi connectivity index (χ1) is 9.39. The third-order valence-electron chi connectivity index (χ3n) is 2.61. The van der Waals surface area contributed by atoms with Gasteiger partial charge in [0, 0.05) is 5.38 Å². The van der Waals surface area contributed by atoms with Gasteiger partial charge in [-0.1, -0.05) is 6.07 Å². The Morgan fingerprint density at radius 1 is 1.35 bits per heavy atom. The minimum atomic E-state index is -4.80. The van der Waals surface area contributed by atoms with Crippen LogP contribution in [0, 0.1) is 0 Å². The van der Waals surface area contributed by atoms with Crippen LogP contribution < -0.4 is 0 Å². The standard InChI is InChI=1S/C11H5F3N2O2S2/c12-11(13,14)8-7(9(17)18)16-5(4-20-10(16)15-8)6-2-1-3-19-6/h1-4H,(H,17,18). The summed E-state index contributed by atoms with van der Waals surface area (Å²) in [7, 11) is 0. The Labute approximate surface area is 117 Å². The van der Waals surface area contributed by atoms with Crippen molar-refractivity contribution in [2.24, 2.45) is 0 Å². The average molecular weight is 318 g/mol. The summed E-state index contributed by atoms with van der Waals surface area (Å²) in [6.45, 7) is 0. The van der Waals surface area contributed by atoms with E-state index in [0.29, 0.717) is 10.6 Å². The summed E-state index contributed by atoms with van der Waals surface area (Å²) in [5, 5.41) is 12.5. The van der Waals surface area contributed by atoms with Crippen LogP contribution in [-0.2, 0) is 6.18 Å². The number of thiophene rings is 1. The van der Waals surface area contributed by atoms with E-state index in [1.807, 2.05) is 0 Å². The monoisotopic (exact) mass is 318 g/mol. The number of rotatable bonds is 2. The van der Waals surface area contributed by atoms with Crippen LogP contribution in [0.4, 0.5) is 13.2 Å². The summed E-state index contributed by atoms with van der Waals surface area (Å²) in [5.74, 6) is -1.65. The Bertz CT molecular complexity index is 787. The maximum atomic E-state index is 12.9. The van der Waals surface area contributed by atoms with Gasteiger partial charge in [0.25, 0.3) is 0 Å². The Kier molecular flexibility index (Phi) is 2.83. The number of carboxylic acids is 1. The molecule has 0 aliphatic rings. The van der Waals surface area contributed by atoms with E-state index < -0.39 is 23.5 Å². The Hall–Kier alpha value is -1.87. The third-order valence-corrected chi connectivity index (χ3v) is 4.33. The first kappa shape index (κ1) is 13.1. The van der Waals surface area contributed by atoms with Crippen molar-refractivity contribution < 1.29 is 23.1 Å². The van der Waals surface area contributed by atoms with E-state index in [4.69, 9.17) is 5.11 Å². The van der Waals surface area contributed by atoms with E-state index in [1.54, 1.807) is 22.9 Å². The van der Waals surface area contributed by atoms with Crippen LogP contribution in [0.5, 0.6) is 0 Å². The van der Waals surface area contributed by atoms with Gasteiger partial charge in [0.05, 0.1) is 10.6 Å². The molecule has 20 heavy (non-hydrogen) atoms. The second-order valence-corrected chi connectivity index (χ2v) is 5.61. The molecular weight excluding hydrogens is 313 g/mol. The first-order valence-electron chi connectivity index (χ1n) is 5.24. The van der Waals surface area contributed by atoms with E-state index in [-0.39, 0.29) is 4.96 Å². The van der Waals surface area contributed by atoms with Crippen molar-refractivity contribution >= 4 is 33.6 Å². The maximum absolute atomic E-state index is 12.9. The quantitative estimate of drug-likeness (QED) is 0.781. The molecule has 0 bridgehead atoms. The fourth-order valence-electron chi connectivity index (χ4n) is 1.85. The highest BCUT2D eigenvalue weighted by atomic mass is 32.1. The van der Waals surface area contributed by atoms with E-state index in [0.717, 1.165) is 15.7 Å². The number of hydrogen-bond acceptors (Lipinski definition) is 4. The lowest BCUT2D eigenvalue weighted by Gasteiger charge is -2.04. The molecule has 0 amide bonds. The molecule has 0 saturated heterocycles. The molecular formula is C11H5F3N2O2S2. The topological polar surface area (TPSA) is 54.6 Å². The zero-order chi connectivity index (χ0) is 14.5. The van der Waals surface area contributed by atoms with Gasteiger partial charge >= 0.3 is 12.1 Å². The van der Waals surface area contributed by atoms with Crippen molar-refractivity contribution in [1.82, 2.24) is 9.38 Å². The van der Waals surface area contributed by atoms with E-state index in [9.17, 15) is 18.0 Å². The minimum absolute atomic E-state index is 0.0122. The van der Waals surface area contributed by atoms with Crippen molar-refractivity contribution in [3.05, 3.63) is 34.3 Å². The van der Waals surface area contributed by atoms with Crippen LogP contribution in [0.3, 0.4) is 0 Å². The number of fused-ring (bicyclic) bond motifs is 1. The van der Waals surface area contributed by atoms with Crippen molar-refractivity contribution in [2.75, 3.05) is 0 Å². The molecule has 0 aliphatic heterocycles. The zero-order valence-electron chi connectivity index (χ0n) is 9.51. The van der Waals surface area contributed by atoms with Gasteiger partial charge < -0.3 is 5.11 Å². The van der Waals surface area contributed by atoms with Crippen molar-refractivity contribution in [3.8, 4) is 10.6 Å². The number of thiazole rings is 1. The number of carbonyl (C=O) groups is 1. The first-order valence-corrected chi connectivity index (χ1v) is 7.00. The second-order valence-electron chi connectivity index (χ2n) is 3.83. The van der Waals surface area contributed by atoms with Gasteiger partial charge in [-0.3, -0.25) is 4.40 Å². The van der Waals surface area contributed by atoms with E-state index in [1.165, 1.54) is 11.3 Å². The number of nitrogens with zero attached hydrogens (tertiary/aromatic N) is 2. The smallest absolute Gasteiger partial charge is 0.435 e. The summed E-state index contributed by atoms with van der Waals surface area (Å²) in [5.41, 5.74) is -1.81. The number of hydrogen-bond donors (Lipinski definition) is 1. The minimum Gasteiger partial charge on any atom is -0.476 e. The van der Waals surface area contributed by atoms with E-state index in [2.05, 4.69) is 4.98 Å². The summed E-state index contributed by atoms with van der Waals surface area (Å²) < 4.78 is 39.6. The van der Waals surface area contributed by atoms with Crippen LogP contribution in [0.2, 0.25) is 0 Å². The van der Waals surface area contributed by atoms with Crippen LogP contribution >= 0.6 is 22.7 Å². The highest BCUT2D eigenvalue weighted by Crippen LogP contribution is 2.37. The SMILES string of the molecule is O=C(O)c1c(C(F)(F)F)nc2scc(-c3cccs3)n12. The molecule has 0 aromatic carbocycles. The van der Waals surface area contributed by atoms with Crippen LogP contribution in [0.1, 0.15) is 16.2 Å². The fraction of sp³-hybridized carbons (Fsp3) is 0.0909. The zero-order valence-corrected chi connectivity index (χ0v) is 11.1. The molecule has 0 fully saturated rings. The molecule has 0 saturated carbocycles. The molecule has 3 aromatic rings. The van der Waals surface area contributed by atoms with Crippen molar-refractivity contribution in [1.29, 1.82) is 0 Å². The number of alkyl halides is 3. The highest BCUT2D eigenvalue weighted by molar-refractivity contribution is 7.17. The molecule has 3 rings (SSSR count). The Morgan fingerprint density at radius 3 is 2.65 bits per heavy atom. The largest absolute Gasteiger partial charge is 0.476 e. The summed E-state index contributed by atoms with van der Waals surface area (Å²) in [6.07, 6.45) is -4.80. The molecule has 4 nitrogen and oxygen atoms in total. The predicted molar refractivity (Wildman–Crippen MR) is 68.3 cm³/mol. The van der Waals surface area contributed by atoms with Gasteiger partial charge in [0.1, 0.15) is 0 Å². The molecule has 3 heterocycles.